The van der Waals surface area contributed by atoms with E-state index in [2.05, 4.69) is 10.1 Å². The highest BCUT2D eigenvalue weighted by atomic mass is 16.5. The van der Waals surface area contributed by atoms with Gasteiger partial charge in [0.25, 0.3) is 5.91 Å². The first-order valence-corrected chi connectivity index (χ1v) is 7.51. The molecule has 0 unspecified atom stereocenters. The molecular weight excluding hydrogens is 286 g/mol. The molecule has 7 nitrogen and oxygen atoms in total. The summed E-state index contributed by atoms with van der Waals surface area (Å²) >= 11 is 0. The Labute approximate surface area is 126 Å². The Kier molecular flexibility index (Phi) is 3.31. The Morgan fingerprint density at radius 1 is 1.45 bits per heavy atom. The summed E-state index contributed by atoms with van der Waals surface area (Å²) in [6.07, 6.45) is 3.18. The lowest BCUT2D eigenvalue weighted by Gasteiger charge is -2.37. The van der Waals surface area contributed by atoms with Gasteiger partial charge in [-0.2, -0.15) is 0 Å². The van der Waals surface area contributed by atoms with E-state index in [1.54, 1.807) is 23.2 Å². The van der Waals surface area contributed by atoms with Gasteiger partial charge in [-0.1, -0.05) is 5.16 Å². The number of rotatable bonds is 2. The topological polar surface area (TPSA) is 88.7 Å². The minimum absolute atomic E-state index is 0.00200. The maximum Gasteiger partial charge on any atom is 0.293 e. The van der Waals surface area contributed by atoms with Gasteiger partial charge in [0.05, 0.1) is 24.1 Å². The van der Waals surface area contributed by atoms with Gasteiger partial charge in [0.1, 0.15) is 0 Å². The van der Waals surface area contributed by atoms with Gasteiger partial charge in [-0.3, -0.25) is 4.79 Å². The molecule has 1 aliphatic carbocycles. The molecule has 116 valence electrons. The molecule has 0 bridgehead atoms. The predicted octanol–water partition coefficient (Wildman–Crippen LogP) is 0.835. The lowest BCUT2D eigenvalue weighted by Crippen LogP contribution is -2.51. The van der Waals surface area contributed by atoms with Crippen LogP contribution in [0.2, 0.25) is 0 Å². The number of carbonyl (C=O) groups is 1. The third-order valence-corrected chi connectivity index (χ3v) is 4.60. The molecule has 0 radical (unpaired) electrons. The summed E-state index contributed by atoms with van der Waals surface area (Å²) in [6.45, 7) is 1.17. The van der Waals surface area contributed by atoms with Crippen LogP contribution in [-0.2, 0) is 4.74 Å². The molecule has 3 atom stereocenters. The number of aromatic nitrogens is 2. The second-order valence-electron chi connectivity index (χ2n) is 5.88. The minimum Gasteiger partial charge on any atom is -0.396 e. The molecule has 2 aromatic heterocycles. The lowest BCUT2D eigenvalue weighted by molar-refractivity contribution is -0.0458. The van der Waals surface area contributed by atoms with E-state index >= 15 is 0 Å². The molecule has 7 heteroatoms. The SMILES string of the molecule is O=C(c1onc2ncccc12)N1CCO[C@H]2C[C@H](CO)C[C@@H]21. The summed E-state index contributed by atoms with van der Waals surface area (Å²) in [4.78, 5) is 18.7. The number of amides is 1. The van der Waals surface area contributed by atoms with Crippen molar-refractivity contribution in [3.05, 3.63) is 24.1 Å². The summed E-state index contributed by atoms with van der Waals surface area (Å²) in [5.41, 5.74) is 0.440. The Morgan fingerprint density at radius 2 is 2.36 bits per heavy atom. The molecule has 4 rings (SSSR count). The minimum atomic E-state index is -0.174. The van der Waals surface area contributed by atoms with Crippen LogP contribution in [0.5, 0.6) is 0 Å². The number of hydrogen-bond acceptors (Lipinski definition) is 6. The summed E-state index contributed by atoms with van der Waals surface area (Å²) in [5.74, 6) is 0.250. The summed E-state index contributed by atoms with van der Waals surface area (Å²) in [5, 5.41) is 13.8. The van der Waals surface area contributed by atoms with Crippen LogP contribution in [0.4, 0.5) is 0 Å². The summed E-state index contributed by atoms with van der Waals surface area (Å²) in [7, 11) is 0. The Balaban J connectivity index is 1.64. The lowest BCUT2D eigenvalue weighted by atomic mass is 10.1. The van der Waals surface area contributed by atoms with Crippen LogP contribution in [0.25, 0.3) is 11.0 Å². The molecule has 2 aromatic rings. The van der Waals surface area contributed by atoms with E-state index in [0.29, 0.717) is 24.2 Å². The maximum atomic E-state index is 12.9. The van der Waals surface area contributed by atoms with Gasteiger partial charge in [0.2, 0.25) is 11.4 Å². The Bertz CT molecular complexity index is 701. The number of morpholine rings is 1. The molecule has 1 amide bonds. The van der Waals surface area contributed by atoms with E-state index in [1.165, 1.54) is 0 Å². The summed E-state index contributed by atoms with van der Waals surface area (Å²) in [6, 6.07) is 3.54. The first kappa shape index (κ1) is 13.7. The Morgan fingerprint density at radius 3 is 3.23 bits per heavy atom. The van der Waals surface area contributed by atoms with Gasteiger partial charge in [-0.15, -0.1) is 0 Å². The van der Waals surface area contributed by atoms with Crippen LogP contribution in [0.15, 0.2) is 22.9 Å². The van der Waals surface area contributed by atoms with Crippen molar-refractivity contribution >= 4 is 16.9 Å². The highest BCUT2D eigenvalue weighted by Gasteiger charge is 2.43. The molecule has 1 aliphatic heterocycles. The number of nitrogens with zero attached hydrogens (tertiary/aromatic N) is 3. The second kappa shape index (κ2) is 5.33. The van der Waals surface area contributed by atoms with Crippen LogP contribution in [0.3, 0.4) is 0 Å². The standard InChI is InChI=1S/C15H17N3O4/c19-8-9-6-11-12(7-9)21-5-4-18(11)15(20)13-10-2-1-3-16-14(10)17-22-13/h1-3,9,11-12,19H,4-8H2/t9-,11+,12+/m1/s1. The van der Waals surface area contributed by atoms with Gasteiger partial charge in [-0.25, -0.2) is 4.98 Å². The molecule has 22 heavy (non-hydrogen) atoms. The third-order valence-electron chi connectivity index (χ3n) is 4.60. The number of aliphatic hydroxyl groups excluding tert-OH is 1. The van der Waals surface area contributed by atoms with Crippen LogP contribution in [-0.4, -0.2) is 58.0 Å². The van der Waals surface area contributed by atoms with Crippen molar-refractivity contribution in [3.63, 3.8) is 0 Å². The first-order valence-electron chi connectivity index (χ1n) is 7.51. The van der Waals surface area contributed by atoms with E-state index in [-0.39, 0.29) is 36.3 Å². The highest BCUT2D eigenvalue weighted by molar-refractivity contribution is 6.02. The van der Waals surface area contributed by atoms with Gasteiger partial charge < -0.3 is 19.3 Å². The molecule has 2 aliphatic rings. The van der Waals surface area contributed by atoms with E-state index in [0.717, 1.165) is 12.8 Å². The van der Waals surface area contributed by atoms with Crippen molar-refractivity contribution in [2.75, 3.05) is 19.8 Å². The average molecular weight is 303 g/mol. The van der Waals surface area contributed by atoms with E-state index < -0.39 is 0 Å². The zero-order chi connectivity index (χ0) is 15.1. The van der Waals surface area contributed by atoms with E-state index in [4.69, 9.17) is 9.26 Å². The number of carbonyl (C=O) groups excluding carboxylic acids is 1. The number of fused-ring (bicyclic) bond motifs is 2. The van der Waals surface area contributed by atoms with Gasteiger partial charge >= 0.3 is 0 Å². The molecule has 1 N–H and O–H groups in total. The van der Waals surface area contributed by atoms with Crippen molar-refractivity contribution in [3.8, 4) is 0 Å². The van der Waals surface area contributed by atoms with Gasteiger partial charge in [-0.05, 0) is 30.9 Å². The smallest absolute Gasteiger partial charge is 0.293 e. The van der Waals surface area contributed by atoms with Crippen molar-refractivity contribution in [1.82, 2.24) is 15.0 Å². The van der Waals surface area contributed by atoms with Crippen LogP contribution in [0.1, 0.15) is 23.4 Å². The number of ether oxygens (including phenoxy) is 1. The molecular formula is C15H17N3O4. The average Bonchev–Trinajstić information content (AvgIpc) is 3.17. The molecule has 3 heterocycles. The maximum absolute atomic E-state index is 12.9. The zero-order valence-corrected chi connectivity index (χ0v) is 12.0. The van der Waals surface area contributed by atoms with Crippen molar-refractivity contribution in [2.24, 2.45) is 5.92 Å². The molecule has 0 spiro atoms. The second-order valence-corrected chi connectivity index (χ2v) is 5.88. The quantitative estimate of drug-likeness (QED) is 0.884. The fourth-order valence-corrected chi connectivity index (χ4v) is 3.52. The normalized spacial score (nSPS) is 28.0. The van der Waals surface area contributed by atoms with E-state index in [9.17, 15) is 9.90 Å². The van der Waals surface area contributed by atoms with Crippen molar-refractivity contribution in [2.45, 2.75) is 25.0 Å². The molecule has 2 fully saturated rings. The van der Waals surface area contributed by atoms with Gasteiger partial charge in [0.15, 0.2) is 0 Å². The largest absolute Gasteiger partial charge is 0.396 e. The van der Waals surface area contributed by atoms with Crippen LogP contribution in [0, 0.1) is 5.92 Å². The molecule has 1 saturated heterocycles. The van der Waals surface area contributed by atoms with Crippen LogP contribution >= 0.6 is 0 Å². The van der Waals surface area contributed by atoms with Crippen LogP contribution < -0.4 is 0 Å². The predicted molar refractivity (Wildman–Crippen MR) is 76.2 cm³/mol. The van der Waals surface area contributed by atoms with Crippen molar-refractivity contribution in [1.29, 1.82) is 0 Å². The highest BCUT2D eigenvalue weighted by Crippen LogP contribution is 2.35. The zero-order valence-electron chi connectivity index (χ0n) is 12.0. The Hall–Kier alpha value is -1.99. The molecule has 0 aromatic carbocycles. The molecule has 1 saturated carbocycles. The fraction of sp³-hybridized carbons (Fsp3) is 0.533. The number of aliphatic hydroxyl groups is 1. The first-order chi connectivity index (χ1) is 10.8. The number of hydrogen-bond donors (Lipinski definition) is 1. The third kappa shape index (κ3) is 2.08. The monoisotopic (exact) mass is 303 g/mol. The van der Waals surface area contributed by atoms with E-state index in [1.807, 2.05) is 0 Å². The van der Waals surface area contributed by atoms with Gasteiger partial charge in [0, 0.05) is 19.3 Å². The summed E-state index contributed by atoms with van der Waals surface area (Å²) < 4.78 is 11.0. The fourth-order valence-electron chi connectivity index (χ4n) is 3.52. The van der Waals surface area contributed by atoms with Crippen molar-refractivity contribution < 1.29 is 19.2 Å². The number of pyridine rings is 1.